The van der Waals surface area contributed by atoms with Crippen LogP contribution in [0.3, 0.4) is 0 Å². The molecule has 0 aliphatic rings. The zero-order valence-corrected chi connectivity index (χ0v) is 10.0. The summed E-state index contributed by atoms with van der Waals surface area (Å²) in [7, 11) is 0. The topological polar surface area (TPSA) is 65.0 Å². The normalized spacial score (nSPS) is 10.8. The van der Waals surface area contributed by atoms with Gasteiger partial charge in [0.05, 0.1) is 0 Å². The maximum absolute atomic E-state index is 5.25. The Balaban J connectivity index is 2.02. The Bertz CT molecular complexity index is 685. The molecule has 5 heteroatoms. The molecule has 0 unspecified atom stereocenters. The van der Waals surface area contributed by atoms with Gasteiger partial charge in [0, 0.05) is 12.5 Å². The molecule has 0 N–H and O–H groups in total. The fraction of sp³-hybridized carbons (Fsp3) is 0.154. The van der Waals surface area contributed by atoms with Crippen molar-refractivity contribution in [2.24, 2.45) is 0 Å². The van der Waals surface area contributed by atoms with E-state index in [2.05, 4.69) is 15.1 Å². The van der Waals surface area contributed by atoms with E-state index in [-0.39, 0.29) is 0 Å². The summed E-state index contributed by atoms with van der Waals surface area (Å²) in [5.41, 5.74) is 2.59. The second-order valence-corrected chi connectivity index (χ2v) is 3.99. The van der Waals surface area contributed by atoms with Gasteiger partial charge in [0.2, 0.25) is 5.82 Å². The van der Waals surface area contributed by atoms with Crippen LogP contribution >= 0.6 is 0 Å². The molecule has 0 saturated carbocycles. The molecule has 0 spiro atoms. The van der Waals surface area contributed by atoms with Crippen LogP contribution in [0.15, 0.2) is 39.5 Å². The second-order valence-electron chi connectivity index (χ2n) is 3.99. The van der Waals surface area contributed by atoms with Gasteiger partial charge in [-0.25, -0.2) is 4.98 Å². The van der Waals surface area contributed by atoms with Crippen LogP contribution in [-0.2, 0) is 0 Å². The Kier molecular flexibility index (Phi) is 2.44. The highest BCUT2D eigenvalue weighted by molar-refractivity contribution is 5.60. The largest absolute Gasteiger partial charge is 0.449 e. The fourth-order valence-corrected chi connectivity index (χ4v) is 1.72. The number of hydrogen-bond acceptors (Lipinski definition) is 5. The predicted molar refractivity (Wildman–Crippen MR) is 64.7 cm³/mol. The highest BCUT2D eigenvalue weighted by Gasteiger charge is 2.14. The number of aryl methyl sites for hydroxylation is 2. The molecule has 0 saturated heterocycles. The number of nitrogens with zero attached hydrogens (tertiary/aromatic N) is 3. The van der Waals surface area contributed by atoms with Gasteiger partial charge in [-0.2, -0.15) is 4.98 Å². The van der Waals surface area contributed by atoms with Gasteiger partial charge in [-0.1, -0.05) is 23.4 Å². The maximum atomic E-state index is 5.25. The lowest BCUT2D eigenvalue weighted by atomic mass is 10.1. The molecule has 0 bridgehead atoms. The molecule has 0 aliphatic heterocycles. The summed E-state index contributed by atoms with van der Waals surface area (Å²) in [4.78, 5) is 8.48. The monoisotopic (exact) mass is 241 g/mol. The molecule has 0 radical (unpaired) electrons. The van der Waals surface area contributed by atoms with E-state index >= 15 is 0 Å². The first kappa shape index (κ1) is 10.7. The highest BCUT2D eigenvalue weighted by atomic mass is 16.5. The minimum Gasteiger partial charge on any atom is -0.449 e. The van der Waals surface area contributed by atoms with Crippen LogP contribution in [0.1, 0.15) is 11.5 Å². The molecule has 2 heterocycles. The lowest BCUT2D eigenvalue weighted by molar-refractivity contribution is 0.432. The van der Waals surface area contributed by atoms with Gasteiger partial charge < -0.3 is 8.94 Å². The Morgan fingerprint density at radius 3 is 2.61 bits per heavy atom. The average Bonchev–Trinajstić information content (AvgIpc) is 2.98. The van der Waals surface area contributed by atoms with Gasteiger partial charge in [0.25, 0.3) is 5.89 Å². The molecule has 18 heavy (non-hydrogen) atoms. The SMILES string of the molecule is Cc1nc(-c2noc(-c3ccccc3C)n2)co1. The molecule has 90 valence electrons. The first-order valence-corrected chi connectivity index (χ1v) is 5.56. The van der Waals surface area contributed by atoms with E-state index in [1.807, 2.05) is 31.2 Å². The van der Waals surface area contributed by atoms with Crippen molar-refractivity contribution in [3.63, 3.8) is 0 Å². The number of hydrogen-bond donors (Lipinski definition) is 0. The van der Waals surface area contributed by atoms with Crippen LogP contribution in [-0.4, -0.2) is 15.1 Å². The fourth-order valence-electron chi connectivity index (χ4n) is 1.72. The summed E-state index contributed by atoms with van der Waals surface area (Å²) in [6, 6.07) is 7.85. The van der Waals surface area contributed by atoms with E-state index < -0.39 is 0 Å². The summed E-state index contributed by atoms with van der Waals surface area (Å²) < 4.78 is 10.4. The second kappa shape index (κ2) is 4.10. The third kappa shape index (κ3) is 1.79. The van der Waals surface area contributed by atoms with Crippen LogP contribution in [0.25, 0.3) is 23.0 Å². The Morgan fingerprint density at radius 2 is 1.89 bits per heavy atom. The number of aromatic nitrogens is 3. The van der Waals surface area contributed by atoms with Crippen molar-refractivity contribution in [2.75, 3.05) is 0 Å². The van der Waals surface area contributed by atoms with E-state index in [1.165, 1.54) is 6.26 Å². The van der Waals surface area contributed by atoms with Gasteiger partial charge in [-0.05, 0) is 18.6 Å². The zero-order valence-electron chi connectivity index (χ0n) is 10.0. The van der Waals surface area contributed by atoms with Crippen LogP contribution in [0.5, 0.6) is 0 Å². The average molecular weight is 241 g/mol. The quantitative estimate of drug-likeness (QED) is 0.690. The van der Waals surface area contributed by atoms with Gasteiger partial charge >= 0.3 is 0 Å². The molecule has 3 rings (SSSR count). The first-order valence-electron chi connectivity index (χ1n) is 5.56. The molecule has 0 fully saturated rings. The lowest BCUT2D eigenvalue weighted by Crippen LogP contribution is -1.83. The smallest absolute Gasteiger partial charge is 0.258 e. The Labute approximate surface area is 103 Å². The summed E-state index contributed by atoms with van der Waals surface area (Å²) in [6.45, 7) is 3.77. The standard InChI is InChI=1S/C13H11N3O2/c1-8-5-3-4-6-10(8)13-15-12(16-18-13)11-7-17-9(2)14-11/h3-7H,1-2H3. The van der Waals surface area contributed by atoms with E-state index in [4.69, 9.17) is 8.94 Å². The van der Waals surface area contributed by atoms with Gasteiger partial charge in [-0.3, -0.25) is 0 Å². The van der Waals surface area contributed by atoms with Crippen LogP contribution < -0.4 is 0 Å². The molecule has 5 nitrogen and oxygen atoms in total. The Hall–Kier alpha value is -2.43. The van der Waals surface area contributed by atoms with Crippen molar-refractivity contribution in [3.05, 3.63) is 42.0 Å². The van der Waals surface area contributed by atoms with Crippen LogP contribution in [0.2, 0.25) is 0 Å². The van der Waals surface area contributed by atoms with Crippen molar-refractivity contribution in [1.29, 1.82) is 0 Å². The minimum atomic E-state index is 0.435. The van der Waals surface area contributed by atoms with Crippen molar-refractivity contribution < 1.29 is 8.94 Å². The van der Waals surface area contributed by atoms with Crippen molar-refractivity contribution >= 4 is 0 Å². The third-order valence-corrected chi connectivity index (χ3v) is 2.65. The summed E-state index contributed by atoms with van der Waals surface area (Å²) >= 11 is 0. The zero-order chi connectivity index (χ0) is 12.5. The highest BCUT2D eigenvalue weighted by Crippen LogP contribution is 2.24. The first-order chi connectivity index (χ1) is 8.74. The van der Waals surface area contributed by atoms with Crippen molar-refractivity contribution in [2.45, 2.75) is 13.8 Å². The van der Waals surface area contributed by atoms with Crippen molar-refractivity contribution in [3.8, 4) is 23.0 Å². The summed E-state index contributed by atoms with van der Waals surface area (Å²) in [5, 5.41) is 3.91. The molecule has 3 aromatic rings. The summed E-state index contributed by atoms with van der Waals surface area (Å²) in [5.74, 6) is 1.50. The number of benzene rings is 1. The minimum absolute atomic E-state index is 0.435. The van der Waals surface area contributed by atoms with E-state index in [1.54, 1.807) is 6.92 Å². The summed E-state index contributed by atoms with van der Waals surface area (Å²) in [6.07, 6.45) is 1.52. The van der Waals surface area contributed by atoms with Gasteiger partial charge in [-0.15, -0.1) is 0 Å². The number of oxazole rings is 1. The maximum Gasteiger partial charge on any atom is 0.258 e. The molecule has 0 atom stereocenters. The molecular formula is C13H11N3O2. The van der Waals surface area contributed by atoms with E-state index in [0.29, 0.717) is 23.3 Å². The van der Waals surface area contributed by atoms with E-state index in [0.717, 1.165) is 11.1 Å². The molecule has 0 amide bonds. The molecule has 1 aromatic carbocycles. The van der Waals surface area contributed by atoms with E-state index in [9.17, 15) is 0 Å². The molecule has 2 aromatic heterocycles. The van der Waals surface area contributed by atoms with Crippen LogP contribution in [0, 0.1) is 13.8 Å². The van der Waals surface area contributed by atoms with Gasteiger partial charge in [0.1, 0.15) is 12.0 Å². The molecular weight excluding hydrogens is 230 g/mol. The van der Waals surface area contributed by atoms with Crippen LogP contribution in [0.4, 0.5) is 0 Å². The number of rotatable bonds is 2. The van der Waals surface area contributed by atoms with Crippen molar-refractivity contribution in [1.82, 2.24) is 15.1 Å². The lowest BCUT2D eigenvalue weighted by Gasteiger charge is -1.97. The Morgan fingerprint density at radius 1 is 1.06 bits per heavy atom. The van der Waals surface area contributed by atoms with Gasteiger partial charge in [0.15, 0.2) is 5.89 Å². The molecule has 0 aliphatic carbocycles. The predicted octanol–water partition coefficient (Wildman–Crippen LogP) is 3.01. The third-order valence-electron chi connectivity index (χ3n) is 2.65.